The summed E-state index contributed by atoms with van der Waals surface area (Å²) < 4.78 is 0. The van der Waals surface area contributed by atoms with Gasteiger partial charge in [0, 0.05) is 7.05 Å². The molecule has 46 valence electrons. The fourth-order valence-corrected chi connectivity index (χ4v) is 0.277. The lowest BCUT2D eigenvalue weighted by molar-refractivity contribution is 0.588. The van der Waals surface area contributed by atoms with E-state index in [-0.39, 0.29) is 6.54 Å². The zero-order valence-corrected chi connectivity index (χ0v) is 5.07. The first kappa shape index (κ1) is 7.45. The Kier molecular flexibility index (Phi) is 3.81. The third-order valence-corrected chi connectivity index (χ3v) is 0.633. The van der Waals surface area contributed by atoms with E-state index in [1.165, 1.54) is 11.2 Å². The van der Waals surface area contributed by atoms with Crippen LogP contribution in [0.2, 0.25) is 0 Å². The molecule has 4 heteroatoms. The Bertz CT molecular complexity index is 170. The molecule has 0 aromatic heterocycles. The summed E-state index contributed by atoms with van der Waals surface area (Å²) in [6.45, 7) is 0.255. The molecule has 0 aromatic carbocycles. The number of aliphatic imine (C=N–C) groups is 1. The quantitative estimate of drug-likeness (QED) is 0.223. The molecule has 0 unspecified atom stereocenters. The van der Waals surface area contributed by atoms with Gasteiger partial charge in [0.05, 0.1) is 6.07 Å². The van der Waals surface area contributed by atoms with Crippen molar-refractivity contribution in [3.63, 3.8) is 0 Å². The van der Waals surface area contributed by atoms with Gasteiger partial charge in [0.15, 0.2) is 0 Å². The summed E-state index contributed by atoms with van der Waals surface area (Å²) in [7, 11) is 1.67. The van der Waals surface area contributed by atoms with Crippen molar-refractivity contribution in [2.45, 2.75) is 0 Å². The molecule has 0 aliphatic carbocycles. The largest absolute Gasteiger partial charge is 0.352 e. The average molecular weight is 122 g/mol. The first-order valence-corrected chi connectivity index (χ1v) is 2.30. The molecule has 0 aliphatic heterocycles. The first-order chi connectivity index (χ1) is 4.31. The van der Waals surface area contributed by atoms with Gasteiger partial charge in [-0.05, 0) is 0 Å². The van der Waals surface area contributed by atoms with Crippen molar-refractivity contribution in [2.24, 2.45) is 4.99 Å². The average Bonchev–Trinajstić information content (AvgIpc) is 1.85. The Labute approximate surface area is 53.6 Å². The van der Waals surface area contributed by atoms with Crippen LogP contribution in [0.4, 0.5) is 0 Å². The predicted molar refractivity (Wildman–Crippen MR) is 32.3 cm³/mol. The lowest BCUT2D eigenvalue weighted by atomic mass is 10.7. The van der Waals surface area contributed by atoms with E-state index in [9.17, 15) is 0 Å². The summed E-state index contributed by atoms with van der Waals surface area (Å²) >= 11 is 0. The predicted octanol–water partition coefficient (Wildman–Crippen LogP) is -0.0488. The zero-order chi connectivity index (χ0) is 7.11. The van der Waals surface area contributed by atoms with Gasteiger partial charge in [-0.3, -0.25) is 0 Å². The van der Waals surface area contributed by atoms with Crippen LogP contribution in [0.3, 0.4) is 0 Å². The fraction of sp³-hybridized carbons (Fsp3) is 0.400. The molecule has 0 atom stereocenters. The second-order valence-corrected chi connectivity index (χ2v) is 1.42. The molecular weight excluding hydrogens is 116 g/mol. The van der Waals surface area contributed by atoms with E-state index < -0.39 is 0 Å². The van der Waals surface area contributed by atoms with E-state index in [0.717, 1.165) is 0 Å². The normalized spacial score (nSPS) is 8.33. The molecule has 0 radical (unpaired) electrons. The number of hydrogen-bond donors (Lipinski definition) is 0. The van der Waals surface area contributed by atoms with Crippen LogP contribution in [0.15, 0.2) is 4.99 Å². The van der Waals surface area contributed by atoms with Gasteiger partial charge in [0.25, 0.3) is 0 Å². The van der Waals surface area contributed by atoms with Crippen LogP contribution in [0, 0.1) is 22.8 Å². The van der Waals surface area contributed by atoms with E-state index >= 15 is 0 Å². The van der Waals surface area contributed by atoms with Gasteiger partial charge in [0.2, 0.25) is 6.19 Å². The van der Waals surface area contributed by atoms with Crippen molar-refractivity contribution in [3.8, 4) is 12.3 Å². The third-order valence-electron chi connectivity index (χ3n) is 0.633. The zero-order valence-electron chi connectivity index (χ0n) is 5.07. The number of nitriles is 2. The van der Waals surface area contributed by atoms with Crippen LogP contribution in [-0.2, 0) is 0 Å². The molecule has 0 aliphatic rings. The van der Waals surface area contributed by atoms with Crippen molar-refractivity contribution in [1.29, 1.82) is 10.5 Å². The van der Waals surface area contributed by atoms with Crippen molar-refractivity contribution < 1.29 is 0 Å². The highest BCUT2D eigenvalue weighted by Gasteiger charge is 1.84. The maximum absolute atomic E-state index is 8.10. The summed E-state index contributed by atoms with van der Waals surface area (Å²) in [6, 6.07) is 1.90. The van der Waals surface area contributed by atoms with E-state index in [0.29, 0.717) is 0 Å². The maximum atomic E-state index is 8.10. The highest BCUT2D eigenvalue weighted by atomic mass is 15.1. The molecule has 0 aromatic rings. The highest BCUT2D eigenvalue weighted by Crippen LogP contribution is 1.71. The molecule has 0 bridgehead atoms. The second kappa shape index (κ2) is 4.61. The SMILES string of the molecule is CN(C=NC#N)CC#N. The van der Waals surface area contributed by atoms with Crippen LogP contribution in [0.1, 0.15) is 0 Å². The van der Waals surface area contributed by atoms with E-state index in [1.807, 2.05) is 6.07 Å². The van der Waals surface area contributed by atoms with Gasteiger partial charge in [-0.25, -0.2) is 0 Å². The smallest absolute Gasteiger partial charge is 0.207 e. The van der Waals surface area contributed by atoms with Crippen molar-refractivity contribution in [1.82, 2.24) is 4.90 Å². The lowest BCUT2D eigenvalue weighted by Crippen LogP contribution is -2.15. The highest BCUT2D eigenvalue weighted by molar-refractivity contribution is 5.55. The van der Waals surface area contributed by atoms with E-state index in [1.54, 1.807) is 13.2 Å². The first-order valence-electron chi connectivity index (χ1n) is 2.30. The molecular formula is C5H6N4. The lowest BCUT2D eigenvalue weighted by Gasteiger charge is -2.03. The molecule has 0 N–H and O–H groups in total. The summed E-state index contributed by atoms with van der Waals surface area (Å²) in [5.41, 5.74) is 0. The molecule has 9 heavy (non-hydrogen) atoms. The second-order valence-electron chi connectivity index (χ2n) is 1.42. The standard InChI is InChI=1S/C5H6N4/c1-9(3-2-6)5-8-4-7/h5H,3H2,1H3. The maximum Gasteiger partial charge on any atom is 0.207 e. The van der Waals surface area contributed by atoms with Gasteiger partial charge in [-0.2, -0.15) is 15.5 Å². The Balaban J connectivity index is 3.55. The molecule has 0 rings (SSSR count). The molecule has 0 saturated carbocycles. The Hall–Kier alpha value is -1.55. The molecule has 0 saturated heterocycles. The summed E-state index contributed by atoms with van der Waals surface area (Å²) in [4.78, 5) is 4.76. The molecule has 0 amide bonds. The number of rotatable bonds is 2. The molecule has 0 heterocycles. The monoisotopic (exact) mass is 122 g/mol. The van der Waals surface area contributed by atoms with Crippen molar-refractivity contribution >= 4 is 6.34 Å². The summed E-state index contributed by atoms with van der Waals surface area (Å²) in [5.74, 6) is 0. The van der Waals surface area contributed by atoms with Crippen molar-refractivity contribution in [2.75, 3.05) is 13.6 Å². The Morgan fingerprint density at radius 3 is 2.78 bits per heavy atom. The molecule has 0 fully saturated rings. The number of hydrogen-bond acceptors (Lipinski definition) is 3. The fourth-order valence-electron chi connectivity index (χ4n) is 0.277. The van der Waals surface area contributed by atoms with Crippen LogP contribution >= 0.6 is 0 Å². The topological polar surface area (TPSA) is 63.2 Å². The van der Waals surface area contributed by atoms with Crippen molar-refractivity contribution in [3.05, 3.63) is 0 Å². The Morgan fingerprint density at radius 2 is 2.33 bits per heavy atom. The summed E-state index contributed by atoms with van der Waals surface area (Å²) in [6.07, 6.45) is 2.88. The van der Waals surface area contributed by atoms with Gasteiger partial charge in [0.1, 0.15) is 12.9 Å². The van der Waals surface area contributed by atoms with Crippen LogP contribution in [0.25, 0.3) is 0 Å². The van der Waals surface area contributed by atoms with Gasteiger partial charge in [-0.1, -0.05) is 0 Å². The summed E-state index contributed by atoms with van der Waals surface area (Å²) in [5, 5.41) is 16.0. The van der Waals surface area contributed by atoms with Crippen LogP contribution in [0.5, 0.6) is 0 Å². The minimum atomic E-state index is 0.255. The Morgan fingerprint density at radius 1 is 1.67 bits per heavy atom. The van der Waals surface area contributed by atoms with E-state index in [4.69, 9.17) is 10.5 Å². The minimum absolute atomic E-state index is 0.255. The van der Waals surface area contributed by atoms with Crippen LogP contribution < -0.4 is 0 Å². The molecule has 0 spiro atoms. The van der Waals surface area contributed by atoms with E-state index in [2.05, 4.69) is 4.99 Å². The van der Waals surface area contributed by atoms with Gasteiger partial charge < -0.3 is 4.90 Å². The third kappa shape index (κ3) is 4.30. The minimum Gasteiger partial charge on any atom is -0.352 e. The van der Waals surface area contributed by atoms with Crippen LogP contribution in [-0.4, -0.2) is 24.8 Å². The van der Waals surface area contributed by atoms with Gasteiger partial charge in [-0.15, -0.1) is 0 Å². The van der Waals surface area contributed by atoms with Gasteiger partial charge >= 0.3 is 0 Å². The number of nitrogens with zero attached hydrogens (tertiary/aromatic N) is 4. The molecule has 4 nitrogen and oxygen atoms in total.